The summed E-state index contributed by atoms with van der Waals surface area (Å²) in [5.74, 6) is -0.813. The standard InChI is InChI=1S/C17H20N4O3/c22-16(8-5-13-3-6-14(7-4-13)17(23)24)20-10-1-2-15(12-20)21-11-9-18-19-21/h3-4,6-7,9,11,15H,1-2,5,8,10,12H2,(H,23,24). The van der Waals surface area contributed by atoms with Crippen LogP contribution in [0.25, 0.3) is 0 Å². The predicted octanol–water partition coefficient (Wildman–Crippen LogP) is 1.77. The van der Waals surface area contributed by atoms with E-state index in [4.69, 9.17) is 5.11 Å². The normalized spacial score (nSPS) is 17.7. The summed E-state index contributed by atoms with van der Waals surface area (Å²) in [6, 6.07) is 6.88. The Morgan fingerprint density at radius 3 is 2.71 bits per heavy atom. The summed E-state index contributed by atoms with van der Waals surface area (Å²) in [5, 5.41) is 16.8. The zero-order valence-corrected chi connectivity index (χ0v) is 13.3. The average Bonchev–Trinajstić information content (AvgIpc) is 3.15. The van der Waals surface area contributed by atoms with Gasteiger partial charge in [-0.25, -0.2) is 9.48 Å². The van der Waals surface area contributed by atoms with Gasteiger partial charge in [0, 0.05) is 25.7 Å². The summed E-state index contributed by atoms with van der Waals surface area (Å²) in [6.45, 7) is 1.45. The van der Waals surface area contributed by atoms with Crippen molar-refractivity contribution in [3.63, 3.8) is 0 Å². The second-order valence-electron chi connectivity index (χ2n) is 6.02. The zero-order chi connectivity index (χ0) is 16.9. The van der Waals surface area contributed by atoms with E-state index in [0.29, 0.717) is 19.4 Å². The third-order valence-electron chi connectivity index (χ3n) is 4.39. The number of nitrogens with zero attached hydrogens (tertiary/aromatic N) is 4. The second kappa shape index (κ2) is 7.25. The monoisotopic (exact) mass is 328 g/mol. The van der Waals surface area contributed by atoms with Crippen molar-refractivity contribution in [3.8, 4) is 0 Å². The van der Waals surface area contributed by atoms with Gasteiger partial charge in [-0.3, -0.25) is 4.79 Å². The molecule has 0 radical (unpaired) electrons. The van der Waals surface area contributed by atoms with Gasteiger partial charge in [0.15, 0.2) is 0 Å². The summed E-state index contributed by atoms with van der Waals surface area (Å²) >= 11 is 0. The van der Waals surface area contributed by atoms with Gasteiger partial charge in [0.25, 0.3) is 0 Å². The molecule has 2 heterocycles. The first-order valence-corrected chi connectivity index (χ1v) is 8.09. The van der Waals surface area contributed by atoms with Gasteiger partial charge in [-0.1, -0.05) is 17.3 Å². The molecule has 1 unspecified atom stereocenters. The van der Waals surface area contributed by atoms with Crippen LogP contribution in [0.15, 0.2) is 36.7 Å². The average molecular weight is 328 g/mol. The summed E-state index contributed by atoms with van der Waals surface area (Å²) < 4.78 is 1.82. The number of hydrogen-bond donors (Lipinski definition) is 1. The van der Waals surface area contributed by atoms with Crippen molar-refractivity contribution in [3.05, 3.63) is 47.8 Å². The largest absolute Gasteiger partial charge is 0.478 e. The van der Waals surface area contributed by atoms with Crippen LogP contribution in [-0.4, -0.2) is 50.0 Å². The zero-order valence-electron chi connectivity index (χ0n) is 13.3. The number of rotatable bonds is 5. The molecule has 1 fully saturated rings. The molecule has 24 heavy (non-hydrogen) atoms. The first kappa shape index (κ1) is 16.2. The SMILES string of the molecule is O=C(O)c1ccc(CCC(=O)N2CCCC(n3ccnn3)C2)cc1. The fourth-order valence-electron chi connectivity index (χ4n) is 3.03. The fourth-order valence-corrected chi connectivity index (χ4v) is 3.03. The molecule has 1 aliphatic heterocycles. The number of carbonyl (C=O) groups is 2. The Morgan fingerprint density at radius 2 is 2.04 bits per heavy atom. The number of amides is 1. The lowest BCUT2D eigenvalue weighted by atomic mass is 10.0. The molecule has 0 aliphatic carbocycles. The Bertz CT molecular complexity index is 697. The molecule has 7 nitrogen and oxygen atoms in total. The number of benzene rings is 1. The lowest BCUT2D eigenvalue weighted by Gasteiger charge is -2.32. The van der Waals surface area contributed by atoms with E-state index in [-0.39, 0.29) is 17.5 Å². The molecular formula is C17H20N4O3. The van der Waals surface area contributed by atoms with Crippen molar-refractivity contribution in [1.29, 1.82) is 0 Å². The summed E-state index contributed by atoms with van der Waals surface area (Å²) in [4.78, 5) is 25.2. The van der Waals surface area contributed by atoms with Crippen LogP contribution in [0.1, 0.15) is 41.2 Å². The summed E-state index contributed by atoms with van der Waals surface area (Å²) in [6.07, 6.45) is 6.50. The molecule has 1 aromatic carbocycles. The van der Waals surface area contributed by atoms with Gasteiger partial charge in [0.1, 0.15) is 0 Å². The van der Waals surface area contributed by atoms with Crippen molar-refractivity contribution >= 4 is 11.9 Å². The molecular weight excluding hydrogens is 308 g/mol. The molecule has 1 atom stereocenters. The lowest BCUT2D eigenvalue weighted by molar-refractivity contribution is -0.132. The quantitative estimate of drug-likeness (QED) is 0.904. The van der Waals surface area contributed by atoms with Gasteiger partial charge in [0.05, 0.1) is 17.8 Å². The minimum Gasteiger partial charge on any atom is -0.478 e. The highest BCUT2D eigenvalue weighted by atomic mass is 16.4. The molecule has 1 saturated heterocycles. The molecule has 2 aromatic rings. The molecule has 0 bridgehead atoms. The van der Waals surface area contributed by atoms with Gasteiger partial charge in [-0.05, 0) is 37.0 Å². The van der Waals surface area contributed by atoms with Crippen LogP contribution >= 0.6 is 0 Å². The van der Waals surface area contributed by atoms with E-state index < -0.39 is 5.97 Å². The minimum absolute atomic E-state index is 0.127. The number of likely N-dealkylation sites (tertiary alicyclic amines) is 1. The molecule has 1 amide bonds. The Morgan fingerprint density at radius 1 is 1.25 bits per heavy atom. The minimum atomic E-state index is -0.940. The first-order valence-electron chi connectivity index (χ1n) is 8.09. The first-order chi connectivity index (χ1) is 11.6. The maximum absolute atomic E-state index is 12.4. The van der Waals surface area contributed by atoms with E-state index in [1.54, 1.807) is 30.5 Å². The van der Waals surface area contributed by atoms with Crippen molar-refractivity contribution in [2.75, 3.05) is 13.1 Å². The summed E-state index contributed by atoms with van der Waals surface area (Å²) in [7, 11) is 0. The van der Waals surface area contributed by atoms with Gasteiger partial charge in [-0.15, -0.1) is 5.10 Å². The van der Waals surface area contributed by atoms with Crippen LogP contribution in [0.5, 0.6) is 0 Å². The Labute approximate surface area is 139 Å². The van der Waals surface area contributed by atoms with Crippen molar-refractivity contribution in [1.82, 2.24) is 19.9 Å². The van der Waals surface area contributed by atoms with E-state index in [1.165, 1.54) is 0 Å². The topological polar surface area (TPSA) is 88.3 Å². The number of carboxylic acids is 1. The van der Waals surface area contributed by atoms with Crippen LogP contribution in [0.4, 0.5) is 0 Å². The van der Waals surface area contributed by atoms with Crippen LogP contribution in [-0.2, 0) is 11.2 Å². The van der Waals surface area contributed by atoms with Gasteiger partial charge in [0.2, 0.25) is 5.91 Å². The van der Waals surface area contributed by atoms with Crippen LogP contribution in [0, 0.1) is 0 Å². The van der Waals surface area contributed by atoms with E-state index in [9.17, 15) is 9.59 Å². The number of aromatic carboxylic acids is 1. The second-order valence-corrected chi connectivity index (χ2v) is 6.02. The number of aromatic nitrogens is 3. The molecule has 0 saturated carbocycles. The third kappa shape index (κ3) is 3.79. The highest BCUT2D eigenvalue weighted by Gasteiger charge is 2.24. The van der Waals surface area contributed by atoms with E-state index >= 15 is 0 Å². The van der Waals surface area contributed by atoms with Gasteiger partial charge in [-0.2, -0.15) is 0 Å². The van der Waals surface area contributed by atoms with Crippen molar-refractivity contribution < 1.29 is 14.7 Å². The van der Waals surface area contributed by atoms with E-state index in [0.717, 1.165) is 24.9 Å². The van der Waals surface area contributed by atoms with E-state index in [1.807, 2.05) is 15.8 Å². The predicted molar refractivity (Wildman–Crippen MR) is 86.6 cm³/mol. The number of hydrogen-bond acceptors (Lipinski definition) is 4. The Balaban J connectivity index is 1.53. The Kier molecular flexibility index (Phi) is 4.88. The molecule has 0 spiro atoms. The van der Waals surface area contributed by atoms with Gasteiger partial charge < -0.3 is 10.0 Å². The highest BCUT2D eigenvalue weighted by molar-refractivity contribution is 5.87. The fraction of sp³-hybridized carbons (Fsp3) is 0.412. The summed E-state index contributed by atoms with van der Waals surface area (Å²) in [5.41, 5.74) is 1.23. The molecule has 1 aromatic heterocycles. The van der Waals surface area contributed by atoms with Crippen LogP contribution in [0.2, 0.25) is 0 Å². The van der Waals surface area contributed by atoms with Gasteiger partial charge >= 0.3 is 5.97 Å². The number of carbonyl (C=O) groups excluding carboxylic acids is 1. The van der Waals surface area contributed by atoms with Crippen molar-refractivity contribution in [2.24, 2.45) is 0 Å². The van der Waals surface area contributed by atoms with Crippen LogP contribution < -0.4 is 0 Å². The molecule has 1 aliphatic rings. The Hall–Kier alpha value is -2.70. The smallest absolute Gasteiger partial charge is 0.335 e. The number of carboxylic acid groups (broad SMARTS) is 1. The van der Waals surface area contributed by atoms with Crippen molar-refractivity contribution in [2.45, 2.75) is 31.7 Å². The third-order valence-corrected chi connectivity index (χ3v) is 4.39. The maximum Gasteiger partial charge on any atom is 0.335 e. The highest BCUT2D eigenvalue weighted by Crippen LogP contribution is 2.21. The van der Waals surface area contributed by atoms with Crippen LogP contribution in [0.3, 0.4) is 0 Å². The maximum atomic E-state index is 12.4. The molecule has 126 valence electrons. The molecule has 3 rings (SSSR count). The number of aryl methyl sites for hydroxylation is 1. The lowest BCUT2D eigenvalue weighted by Crippen LogP contribution is -2.41. The van der Waals surface area contributed by atoms with E-state index in [2.05, 4.69) is 10.3 Å². The molecule has 1 N–H and O–H groups in total. The molecule has 7 heteroatoms. The number of piperidine rings is 1.